The van der Waals surface area contributed by atoms with E-state index in [1.54, 1.807) is 5.20 Å². The molecule has 0 N–H and O–H groups in total. The highest BCUT2D eigenvalue weighted by Gasteiger charge is 2.39. The Hall–Kier alpha value is -1.28. The summed E-state index contributed by atoms with van der Waals surface area (Å²) in [4.78, 5) is 0. The summed E-state index contributed by atoms with van der Waals surface area (Å²) in [5.41, 5.74) is 4.36. The average Bonchev–Trinajstić information content (AvgIpc) is 2.99. The highest BCUT2D eigenvalue weighted by atomic mass is 28.3. The topological polar surface area (TPSA) is 9.23 Å². The fraction of sp³-hybridized carbons (Fsp3) is 0.600. The Kier molecular flexibility index (Phi) is 5.93. The standard InChI is InChI=1S/C25H40OSi/c1-23(2,3)17-13-12-14-18(21(17)26-9)25(7,8)20-16-15-19(24(4,5)6)22(20)27(10)11/h12-16,19,27H,1-11H3. The highest BCUT2D eigenvalue weighted by molar-refractivity contribution is 6.64. The molecule has 0 heterocycles. The SMILES string of the molecule is COc1c(C(C)(C)C)cccc1C(C)(C)C1=C([SiH](C)C)C(C(C)(C)C)C=C1. The molecule has 1 unspecified atom stereocenters. The Labute approximate surface area is 169 Å². The van der Waals surface area contributed by atoms with Crippen molar-refractivity contribution in [3.8, 4) is 5.75 Å². The molecule has 0 saturated heterocycles. The second-order valence-corrected chi connectivity index (χ2v) is 13.9. The molecule has 1 aliphatic carbocycles. The van der Waals surface area contributed by atoms with Crippen LogP contribution in [0.3, 0.4) is 0 Å². The van der Waals surface area contributed by atoms with Crippen molar-refractivity contribution in [2.24, 2.45) is 11.3 Å². The summed E-state index contributed by atoms with van der Waals surface area (Å²) < 4.78 is 6.00. The van der Waals surface area contributed by atoms with Crippen LogP contribution in [-0.4, -0.2) is 15.9 Å². The Bertz CT molecular complexity index is 752. The number of hydrogen-bond acceptors (Lipinski definition) is 1. The predicted octanol–water partition coefficient (Wildman–Crippen LogP) is 6.82. The minimum absolute atomic E-state index is 0.0565. The van der Waals surface area contributed by atoms with E-state index >= 15 is 0 Å². The van der Waals surface area contributed by atoms with Gasteiger partial charge >= 0.3 is 0 Å². The van der Waals surface area contributed by atoms with Gasteiger partial charge in [-0.05, 0) is 27.9 Å². The van der Waals surface area contributed by atoms with Gasteiger partial charge in [0.1, 0.15) is 5.75 Å². The average molecular weight is 385 g/mol. The van der Waals surface area contributed by atoms with Gasteiger partial charge in [0.05, 0.1) is 15.9 Å². The summed E-state index contributed by atoms with van der Waals surface area (Å²) in [6, 6.07) is 6.68. The van der Waals surface area contributed by atoms with Crippen LogP contribution in [0.1, 0.15) is 66.5 Å². The number of rotatable bonds is 4. The summed E-state index contributed by atoms with van der Waals surface area (Å²) in [6.07, 6.45) is 4.88. The van der Waals surface area contributed by atoms with Crippen LogP contribution in [-0.2, 0) is 10.8 Å². The highest BCUT2D eigenvalue weighted by Crippen LogP contribution is 2.49. The lowest BCUT2D eigenvalue weighted by Crippen LogP contribution is -2.29. The molecule has 0 fully saturated rings. The molecular weight excluding hydrogens is 344 g/mol. The van der Waals surface area contributed by atoms with Gasteiger partial charge in [0, 0.05) is 11.0 Å². The van der Waals surface area contributed by atoms with Gasteiger partial charge in [-0.2, -0.15) is 0 Å². The summed E-state index contributed by atoms with van der Waals surface area (Å²) in [6.45, 7) is 23.6. The largest absolute Gasteiger partial charge is 0.496 e. The Morgan fingerprint density at radius 3 is 1.89 bits per heavy atom. The van der Waals surface area contributed by atoms with Gasteiger partial charge in [0.2, 0.25) is 0 Å². The molecule has 0 amide bonds. The third-order valence-electron chi connectivity index (χ3n) is 6.03. The first-order valence-corrected chi connectivity index (χ1v) is 13.2. The molecule has 0 saturated carbocycles. The normalized spacial score (nSPS) is 18.6. The van der Waals surface area contributed by atoms with E-state index in [-0.39, 0.29) is 16.2 Å². The molecule has 0 bridgehead atoms. The monoisotopic (exact) mass is 384 g/mol. The van der Waals surface area contributed by atoms with Crippen LogP contribution in [0.4, 0.5) is 0 Å². The molecule has 0 radical (unpaired) electrons. The zero-order chi connectivity index (χ0) is 20.8. The summed E-state index contributed by atoms with van der Waals surface area (Å²) >= 11 is 0. The molecule has 1 nitrogen and oxygen atoms in total. The number of para-hydroxylation sites is 1. The minimum atomic E-state index is -0.956. The van der Waals surface area contributed by atoms with Crippen molar-refractivity contribution < 1.29 is 4.74 Å². The van der Waals surface area contributed by atoms with Crippen LogP contribution in [0.2, 0.25) is 13.1 Å². The summed E-state index contributed by atoms with van der Waals surface area (Å²) in [7, 11) is 0.863. The maximum Gasteiger partial charge on any atom is 0.126 e. The molecule has 0 aliphatic heterocycles. The molecule has 150 valence electrons. The molecular formula is C25H40OSi. The maximum atomic E-state index is 6.00. The van der Waals surface area contributed by atoms with Crippen LogP contribution < -0.4 is 4.74 Å². The van der Waals surface area contributed by atoms with Gasteiger partial charge in [0.15, 0.2) is 0 Å². The third-order valence-corrected chi connectivity index (χ3v) is 7.94. The zero-order valence-electron chi connectivity index (χ0n) is 19.4. The Morgan fingerprint density at radius 1 is 0.889 bits per heavy atom. The van der Waals surface area contributed by atoms with Crippen LogP contribution in [0, 0.1) is 11.3 Å². The van der Waals surface area contributed by atoms with Gasteiger partial charge in [0.25, 0.3) is 0 Å². The first-order chi connectivity index (χ1) is 12.2. The lowest BCUT2D eigenvalue weighted by Gasteiger charge is -2.36. The van der Waals surface area contributed by atoms with Gasteiger partial charge < -0.3 is 4.74 Å². The quantitative estimate of drug-likeness (QED) is 0.517. The van der Waals surface area contributed by atoms with Crippen molar-refractivity contribution in [1.29, 1.82) is 0 Å². The molecule has 2 heteroatoms. The van der Waals surface area contributed by atoms with Gasteiger partial charge in [-0.1, -0.05) is 104 Å². The third kappa shape index (κ3) is 4.11. The number of hydrogen-bond donors (Lipinski definition) is 0. The van der Waals surface area contributed by atoms with Crippen molar-refractivity contribution in [1.82, 2.24) is 0 Å². The number of ether oxygens (including phenoxy) is 1. The van der Waals surface area contributed by atoms with Crippen molar-refractivity contribution in [2.45, 2.75) is 79.3 Å². The lowest BCUT2D eigenvalue weighted by atomic mass is 9.73. The minimum Gasteiger partial charge on any atom is -0.496 e. The van der Waals surface area contributed by atoms with E-state index in [0.717, 1.165) is 5.75 Å². The van der Waals surface area contributed by atoms with Crippen LogP contribution in [0.25, 0.3) is 0 Å². The van der Waals surface area contributed by atoms with E-state index < -0.39 is 8.80 Å². The number of allylic oxidation sites excluding steroid dienone is 4. The van der Waals surface area contributed by atoms with Gasteiger partial charge in [-0.25, -0.2) is 0 Å². The molecule has 27 heavy (non-hydrogen) atoms. The van der Waals surface area contributed by atoms with E-state index in [2.05, 4.69) is 98.8 Å². The van der Waals surface area contributed by atoms with Crippen molar-refractivity contribution in [3.05, 3.63) is 52.2 Å². The number of methoxy groups -OCH3 is 1. The van der Waals surface area contributed by atoms with Crippen LogP contribution in [0.15, 0.2) is 41.1 Å². The maximum absolute atomic E-state index is 6.00. The van der Waals surface area contributed by atoms with E-state index in [1.807, 2.05) is 7.11 Å². The van der Waals surface area contributed by atoms with Gasteiger partial charge in [-0.3, -0.25) is 0 Å². The second-order valence-electron chi connectivity index (χ2n) is 11.0. The van der Waals surface area contributed by atoms with Crippen molar-refractivity contribution in [3.63, 3.8) is 0 Å². The zero-order valence-corrected chi connectivity index (χ0v) is 20.6. The molecule has 1 aromatic rings. The van der Waals surface area contributed by atoms with E-state index in [4.69, 9.17) is 4.74 Å². The molecule has 1 aliphatic rings. The van der Waals surface area contributed by atoms with Crippen LogP contribution >= 0.6 is 0 Å². The van der Waals surface area contributed by atoms with Crippen LogP contribution in [0.5, 0.6) is 5.75 Å². The molecule has 1 aromatic carbocycles. The summed E-state index contributed by atoms with van der Waals surface area (Å²) in [5.74, 6) is 1.61. The fourth-order valence-electron chi connectivity index (χ4n) is 4.54. The first kappa shape index (κ1) is 22.0. The van der Waals surface area contributed by atoms with Crippen molar-refractivity contribution in [2.75, 3.05) is 7.11 Å². The van der Waals surface area contributed by atoms with Gasteiger partial charge in [-0.15, -0.1) is 0 Å². The number of benzene rings is 1. The van der Waals surface area contributed by atoms with E-state index in [0.29, 0.717) is 5.92 Å². The lowest BCUT2D eigenvalue weighted by molar-refractivity contribution is 0.339. The van der Waals surface area contributed by atoms with Crippen molar-refractivity contribution >= 4 is 8.80 Å². The van der Waals surface area contributed by atoms with E-state index in [1.165, 1.54) is 16.7 Å². The molecule has 2 rings (SSSR count). The molecule has 1 atom stereocenters. The Morgan fingerprint density at radius 2 is 1.44 bits per heavy atom. The predicted molar refractivity (Wildman–Crippen MR) is 123 cm³/mol. The first-order valence-electron chi connectivity index (χ1n) is 10.3. The van der Waals surface area contributed by atoms with E-state index in [9.17, 15) is 0 Å². The summed E-state index contributed by atoms with van der Waals surface area (Å²) in [5, 5.41) is 1.72. The second kappa shape index (κ2) is 7.27. The smallest absolute Gasteiger partial charge is 0.126 e. The molecule has 0 spiro atoms. The fourth-order valence-corrected chi connectivity index (χ4v) is 6.95. The Balaban J connectivity index is 2.72. The molecule has 0 aromatic heterocycles.